The maximum absolute atomic E-state index is 13.9. The van der Waals surface area contributed by atoms with Crippen molar-refractivity contribution in [3.05, 3.63) is 77.9 Å². The van der Waals surface area contributed by atoms with Crippen LogP contribution in [0.3, 0.4) is 0 Å². The summed E-state index contributed by atoms with van der Waals surface area (Å²) in [6.45, 7) is 3.92. The standard InChI is InChI=1S/C33H39N5O5/c1-33(2,20-38-27-11-6-5-10-25(27)30(41)37-15-7-12-28(37)31(38)42)32(43)36-26(29(40)35-19-24(39)18-34)17-21-13-14-22-8-3-4-9-23(22)16-21/h3-6,8-11,13-14,16,24,26,28,39H,7,12,15,17-20,34H2,1-2H3,(H,35,40)(H,36,43)/t24-,26?,28?/m1/s1. The van der Waals surface area contributed by atoms with E-state index in [-0.39, 0.29) is 37.9 Å². The van der Waals surface area contributed by atoms with E-state index in [1.165, 1.54) is 0 Å². The Balaban J connectivity index is 1.39. The Kier molecular flexibility index (Phi) is 8.79. The Bertz CT molecular complexity index is 1540. The average Bonchev–Trinajstić information content (AvgIpc) is 3.49. The summed E-state index contributed by atoms with van der Waals surface area (Å²) in [5, 5.41) is 17.6. The lowest BCUT2D eigenvalue weighted by Gasteiger charge is -2.34. The maximum atomic E-state index is 13.9. The van der Waals surface area contributed by atoms with Gasteiger partial charge in [-0.25, -0.2) is 0 Å². The lowest BCUT2D eigenvalue weighted by molar-refractivity contribution is -0.134. The van der Waals surface area contributed by atoms with E-state index in [1.807, 2.05) is 42.5 Å². The Labute approximate surface area is 251 Å². The predicted molar refractivity (Wildman–Crippen MR) is 164 cm³/mol. The molecular formula is C33H39N5O5. The Morgan fingerprint density at radius 3 is 2.53 bits per heavy atom. The molecule has 5 N–H and O–H groups in total. The number of nitrogens with zero attached hydrogens (tertiary/aromatic N) is 2. The van der Waals surface area contributed by atoms with E-state index in [9.17, 15) is 24.3 Å². The molecule has 4 amide bonds. The zero-order valence-electron chi connectivity index (χ0n) is 24.6. The van der Waals surface area contributed by atoms with Crippen molar-refractivity contribution in [3.8, 4) is 0 Å². The van der Waals surface area contributed by atoms with Gasteiger partial charge in [-0.05, 0) is 55.2 Å². The van der Waals surface area contributed by atoms with Crippen LogP contribution in [-0.2, 0) is 20.8 Å². The summed E-state index contributed by atoms with van der Waals surface area (Å²) >= 11 is 0. The number of benzene rings is 3. The van der Waals surface area contributed by atoms with Crippen LogP contribution in [-0.4, -0.2) is 78.0 Å². The van der Waals surface area contributed by atoms with Crippen LogP contribution in [0.4, 0.5) is 5.69 Å². The first kappa shape index (κ1) is 30.2. The summed E-state index contributed by atoms with van der Waals surface area (Å²) in [6, 6.07) is 19.2. The van der Waals surface area contributed by atoms with Gasteiger partial charge in [0.15, 0.2) is 0 Å². The first-order chi connectivity index (χ1) is 20.6. The van der Waals surface area contributed by atoms with Gasteiger partial charge in [0.2, 0.25) is 17.7 Å². The van der Waals surface area contributed by atoms with Crippen molar-refractivity contribution in [1.29, 1.82) is 0 Å². The zero-order valence-corrected chi connectivity index (χ0v) is 24.6. The molecule has 1 saturated heterocycles. The third-order valence-electron chi connectivity index (χ3n) is 8.32. The summed E-state index contributed by atoms with van der Waals surface area (Å²) in [7, 11) is 0. The maximum Gasteiger partial charge on any atom is 0.256 e. The molecule has 5 rings (SSSR count). The molecule has 10 nitrogen and oxygen atoms in total. The molecule has 2 unspecified atom stereocenters. The highest BCUT2D eigenvalue weighted by molar-refractivity contribution is 6.11. The summed E-state index contributed by atoms with van der Waals surface area (Å²) in [4.78, 5) is 57.5. The highest BCUT2D eigenvalue weighted by atomic mass is 16.3. The molecule has 43 heavy (non-hydrogen) atoms. The number of carbonyl (C=O) groups is 4. The van der Waals surface area contributed by atoms with Crippen molar-refractivity contribution in [3.63, 3.8) is 0 Å². The van der Waals surface area contributed by atoms with Crippen molar-refractivity contribution >= 4 is 40.1 Å². The molecule has 0 saturated carbocycles. The monoisotopic (exact) mass is 585 g/mol. The molecule has 0 aliphatic carbocycles. The molecule has 1 fully saturated rings. The number of para-hydroxylation sites is 1. The van der Waals surface area contributed by atoms with Gasteiger partial charge >= 0.3 is 0 Å². The molecular weight excluding hydrogens is 546 g/mol. The molecule has 10 heteroatoms. The Morgan fingerprint density at radius 2 is 1.77 bits per heavy atom. The number of nitrogens with one attached hydrogen (secondary N) is 2. The zero-order chi connectivity index (χ0) is 30.7. The third kappa shape index (κ3) is 6.40. The van der Waals surface area contributed by atoms with Gasteiger partial charge in [0.1, 0.15) is 12.1 Å². The van der Waals surface area contributed by atoms with E-state index >= 15 is 0 Å². The first-order valence-corrected chi connectivity index (χ1v) is 14.7. The van der Waals surface area contributed by atoms with Crippen LogP contribution in [0.5, 0.6) is 0 Å². The van der Waals surface area contributed by atoms with Gasteiger partial charge in [0.05, 0.1) is 22.8 Å². The summed E-state index contributed by atoms with van der Waals surface area (Å²) in [6.07, 6.45) is 0.620. The lowest BCUT2D eigenvalue weighted by Crippen LogP contribution is -2.55. The summed E-state index contributed by atoms with van der Waals surface area (Å²) in [5.41, 5.74) is 6.15. The third-order valence-corrected chi connectivity index (χ3v) is 8.32. The molecule has 3 aromatic carbocycles. The van der Waals surface area contributed by atoms with Gasteiger partial charge in [-0.15, -0.1) is 0 Å². The fourth-order valence-corrected chi connectivity index (χ4v) is 5.83. The second kappa shape index (κ2) is 12.5. The number of fused-ring (bicyclic) bond motifs is 3. The van der Waals surface area contributed by atoms with E-state index in [1.54, 1.807) is 47.9 Å². The van der Waals surface area contributed by atoms with Crippen LogP contribution >= 0.6 is 0 Å². The highest BCUT2D eigenvalue weighted by Gasteiger charge is 2.44. The number of nitrogens with two attached hydrogens (primary N) is 1. The smallest absolute Gasteiger partial charge is 0.256 e. The van der Waals surface area contributed by atoms with Gasteiger partial charge in [0, 0.05) is 32.6 Å². The van der Waals surface area contributed by atoms with Gasteiger partial charge < -0.3 is 31.3 Å². The molecule has 2 aliphatic heterocycles. The lowest BCUT2D eigenvalue weighted by atomic mass is 9.89. The molecule has 0 radical (unpaired) electrons. The van der Waals surface area contributed by atoms with E-state index in [0.29, 0.717) is 24.2 Å². The number of rotatable bonds is 10. The normalized spacial score (nSPS) is 18.1. The number of aliphatic hydroxyl groups is 1. The number of hydrogen-bond acceptors (Lipinski definition) is 6. The summed E-state index contributed by atoms with van der Waals surface area (Å²) in [5.74, 6) is -1.26. The average molecular weight is 586 g/mol. The number of aliphatic hydroxyl groups excluding tert-OH is 1. The molecule has 3 atom stereocenters. The van der Waals surface area contributed by atoms with Gasteiger partial charge in [-0.2, -0.15) is 0 Å². The predicted octanol–water partition coefficient (Wildman–Crippen LogP) is 1.98. The molecule has 0 aromatic heterocycles. The fraction of sp³-hybridized carbons (Fsp3) is 0.394. The minimum absolute atomic E-state index is 0.0126. The van der Waals surface area contributed by atoms with Gasteiger partial charge in [-0.3, -0.25) is 19.2 Å². The minimum Gasteiger partial charge on any atom is -0.390 e. The Hall–Kier alpha value is -4.28. The highest BCUT2D eigenvalue weighted by Crippen LogP contribution is 2.34. The number of hydrogen-bond donors (Lipinski definition) is 4. The van der Waals surface area contributed by atoms with Crippen molar-refractivity contribution in [2.75, 3.05) is 31.1 Å². The number of carbonyl (C=O) groups excluding carboxylic acids is 4. The van der Waals surface area contributed by atoms with Gasteiger partial charge in [-0.1, -0.05) is 54.6 Å². The first-order valence-electron chi connectivity index (χ1n) is 14.7. The quantitative estimate of drug-likeness (QED) is 0.286. The van der Waals surface area contributed by atoms with Crippen LogP contribution in [0.1, 0.15) is 42.6 Å². The van der Waals surface area contributed by atoms with Crippen molar-refractivity contribution in [2.45, 2.75) is 51.3 Å². The molecule has 226 valence electrons. The van der Waals surface area contributed by atoms with Crippen molar-refractivity contribution in [2.24, 2.45) is 11.1 Å². The van der Waals surface area contributed by atoms with Crippen LogP contribution < -0.4 is 21.3 Å². The second-order valence-corrected chi connectivity index (χ2v) is 12.0. The van der Waals surface area contributed by atoms with Crippen LogP contribution in [0.25, 0.3) is 10.8 Å². The molecule has 0 bridgehead atoms. The van der Waals surface area contributed by atoms with E-state index < -0.39 is 35.4 Å². The Morgan fingerprint density at radius 1 is 1.05 bits per heavy atom. The second-order valence-electron chi connectivity index (χ2n) is 12.0. The van der Waals surface area contributed by atoms with Crippen molar-refractivity contribution in [1.82, 2.24) is 15.5 Å². The minimum atomic E-state index is -1.13. The van der Waals surface area contributed by atoms with E-state index in [4.69, 9.17) is 5.73 Å². The fourth-order valence-electron chi connectivity index (χ4n) is 5.83. The van der Waals surface area contributed by atoms with Crippen LogP contribution in [0.2, 0.25) is 0 Å². The van der Waals surface area contributed by atoms with Crippen LogP contribution in [0.15, 0.2) is 66.7 Å². The van der Waals surface area contributed by atoms with Crippen LogP contribution in [0, 0.1) is 5.41 Å². The molecule has 0 spiro atoms. The number of amides is 4. The molecule has 3 aromatic rings. The topological polar surface area (TPSA) is 145 Å². The molecule has 2 heterocycles. The number of anilines is 1. The SMILES string of the molecule is CC(C)(CN1C(=O)C2CCCN2C(=O)c2ccccc21)C(=O)NC(Cc1ccc2ccccc2c1)C(=O)NC[C@H](O)CN. The molecule has 2 aliphatic rings. The van der Waals surface area contributed by atoms with E-state index in [0.717, 1.165) is 22.8 Å². The largest absolute Gasteiger partial charge is 0.390 e. The van der Waals surface area contributed by atoms with Crippen molar-refractivity contribution < 1.29 is 24.3 Å². The van der Waals surface area contributed by atoms with Gasteiger partial charge in [0.25, 0.3) is 5.91 Å². The summed E-state index contributed by atoms with van der Waals surface area (Å²) < 4.78 is 0. The van der Waals surface area contributed by atoms with E-state index in [2.05, 4.69) is 10.6 Å².